The molecule has 0 aliphatic carbocycles. The van der Waals surface area contributed by atoms with E-state index in [-0.39, 0.29) is 0 Å². The second kappa shape index (κ2) is 3.65. The van der Waals surface area contributed by atoms with Crippen molar-refractivity contribution in [3.8, 4) is 5.75 Å². The second-order valence-corrected chi connectivity index (χ2v) is 3.83. The summed E-state index contributed by atoms with van der Waals surface area (Å²) in [6.07, 6.45) is 0.965. The predicted molar refractivity (Wildman–Crippen MR) is 52.3 cm³/mol. The third-order valence-corrected chi connectivity index (χ3v) is 2.64. The van der Waals surface area contributed by atoms with E-state index in [0.29, 0.717) is 6.61 Å². The maximum absolute atomic E-state index is 5.44. The summed E-state index contributed by atoms with van der Waals surface area (Å²) in [6, 6.07) is 4.04. The molecule has 0 fully saturated rings. The molecule has 3 nitrogen and oxygen atoms in total. The monoisotopic (exact) mass is 243 g/mol. The molecule has 1 heterocycles. The highest BCUT2D eigenvalue weighted by atomic mass is 79.9. The Morgan fingerprint density at radius 3 is 3.15 bits per heavy atom. The van der Waals surface area contributed by atoms with Crippen molar-refractivity contribution in [1.29, 1.82) is 0 Å². The van der Waals surface area contributed by atoms with E-state index in [0.717, 1.165) is 28.8 Å². The van der Waals surface area contributed by atoms with Crippen LogP contribution in [0.5, 0.6) is 5.75 Å². The van der Waals surface area contributed by atoms with Gasteiger partial charge in [-0.05, 0) is 39.2 Å². The van der Waals surface area contributed by atoms with E-state index in [2.05, 4.69) is 26.8 Å². The zero-order valence-corrected chi connectivity index (χ0v) is 8.63. The lowest BCUT2D eigenvalue weighted by molar-refractivity contribution is 0.124. The minimum atomic E-state index is 0.436. The summed E-state index contributed by atoms with van der Waals surface area (Å²) >= 11 is 3.45. The average molecular weight is 244 g/mol. The van der Waals surface area contributed by atoms with Crippen molar-refractivity contribution in [2.75, 3.05) is 6.61 Å². The number of hydrogen-bond acceptors (Lipinski definition) is 3. The number of fused-ring (bicyclic) bond motifs is 1. The van der Waals surface area contributed by atoms with Gasteiger partial charge in [-0.1, -0.05) is 0 Å². The van der Waals surface area contributed by atoms with Crippen molar-refractivity contribution in [3.05, 3.63) is 27.7 Å². The summed E-state index contributed by atoms with van der Waals surface area (Å²) in [5, 5.41) is 0. The maximum Gasteiger partial charge on any atom is 0.136 e. The summed E-state index contributed by atoms with van der Waals surface area (Å²) in [5.41, 5.74) is 2.29. The van der Waals surface area contributed by atoms with Crippen molar-refractivity contribution in [2.24, 2.45) is 5.90 Å². The first-order valence-corrected chi connectivity index (χ1v) is 4.86. The largest absolute Gasteiger partial charge is 0.492 e. The molecular formula is C9H10BrNO2. The van der Waals surface area contributed by atoms with Gasteiger partial charge in [0.05, 0.1) is 17.7 Å². The number of ether oxygens (including phenoxy) is 1. The minimum Gasteiger partial charge on any atom is -0.492 e. The van der Waals surface area contributed by atoms with Crippen molar-refractivity contribution in [2.45, 2.75) is 13.0 Å². The third-order valence-electron chi connectivity index (χ3n) is 2.05. The number of benzene rings is 1. The Kier molecular flexibility index (Phi) is 2.53. The van der Waals surface area contributed by atoms with Crippen molar-refractivity contribution < 1.29 is 9.57 Å². The van der Waals surface area contributed by atoms with Gasteiger partial charge in [-0.3, -0.25) is 4.84 Å². The standard InChI is InChI=1S/C9H10BrNO2/c10-8-4-6(5-13-11)3-7-1-2-12-9(7)8/h3-4H,1-2,5,11H2. The fourth-order valence-corrected chi connectivity index (χ4v) is 2.17. The Labute approximate surface area is 84.9 Å². The van der Waals surface area contributed by atoms with Crippen LogP contribution < -0.4 is 10.6 Å². The Hall–Kier alpha value is -0.580. The number of hydrogen-bond donors (Lipinski definition) is 1. The first-order chi connectivity index (χ1) is 6.31. The van der Waals surface area contributed by atoms with Crippen molar-refractivity contribution >= 4 is 15.9 Å². The van der Waals surface area contributed by atoms with E-state index in [1.54, 1.807) is 0 Å². The lowest BCUT2D eigenvalue weighted by Crippen LogP contribution is -1.99. The van der Waals surface area contributed by atoms with Crippen LogP contribution in [0.1, 0.15) is 11.1 Å². The van der Waals surface area contributed by atoms with Crippen LogP contribution in [0.4, 0.5) is 0 Å². The molecule has 1 aromatic rings. The molecule has 2 N–H and O–H groups in total. The molecular weight excluding hydrogens is 234 g/mol. The van der Waals surface area contributed by atoms with Crippen molar-refractivity contribution in [1.82, 2.24) is 0 Å². The van der Waals surface area contributed by atoms with Crippen LogP contribution in [-0.2, 0) is 17.9 Å². The lowest BCUT2D eigenvalue weighted by Gasteiger charge is -2.05. The Bertz CT molecular complexity index is 328. The molecule has 0 saturated heterocycles. The molecule has 1 aliphatic heterocycles. The zero-order chi connectivity index (χ0) is 9.26. The molecule has 0 amide bonds. The first-order valence-electron chi connectivity index (χ1n) is 4.07. The highest BCUT2D eigenvalue weighted by Crippen LogP contribution is 2.34. The van der Waals surface area contributed by atoms with Crippen LogP contribution in [0.2, 0.25) is 0 Å². The van der Waals surface area contributed by atoms with Gasteiger partial charge in [0.15, 0.2) is 0 Å². The van der Waals surface area contributed by atoms with Gasteiger partial charge < -0.3 is 4.74 Å². The average Bonchev–Trinajstić information content (AvgIpc) is 2.53. The third kappa shape index (κ3) is 1.70. The van der Waals surface area contributed by atoms with Gasteiger partial charge in [0.25, 0.3) is 0 Å². The molecule has 13 heavy (non-hydrogen) atoms. The highest BCUT2D eigenvalue weighted by Gasteiger charge is 2.16. The Morgan fingerprint density at radius 1 is 1.54 bits per heavy atom. The highest BCUT2D eigenvalue weighted by molar-refractivity contribution is 9.10. The summed E-state index contributed by atoms with van der Waals surface area (Å²) in [5.74, 6) is 5.97. The van der Waals surface area contributed by atoms with Crippen LogP contribution in [0.15, 0.2) is 16.6 Å². The van der Waals surface area contributed by atoms with Gasteiger partial charge >= 0.3 is 0 Å². The molecule has 0 unspecified atom stereocenters. The summed E-state index contributed by atoms with van der Waals surface area (Å²) < 4.78 is 6.42. The molecule has 0 spiro atoms. The normalized spacial score (nSPS) is 14.0. The second-order valence-electron chi connectivity index (χ2n) is 2.98. The van der Waals surface area contributed by atoms with Gasteiger partial charge in [-0.15, -0.1) is 0 Å². The van der Waals surface area contributed by atoms with Crippen LogP contribution in [0.25, 0.3) is 0 Å². The van der Waals surface area contributed by atoms with Crippen LogP contribution >= 0.6 is 15.9 Å². The SMILES string of the molecule is NOCc1cc(Br)c2c(c1)CCO2. The molecule has 0 saturated carbocycles. The number of rotatable bonds is 2. The van der Waals surface area contributed by atoms with E-state index in [1.807, 2.05) is 6.07 Å². The predicted octanol–water partition coefficient (Wildman–Crippen LogP) is 1.77. The zero-order valence-electron chi connectivity index (χ0n) is 7.05. The number of nitrogens with two attached hydrogens (primary N) is 1. The molecule has 2 rings (SSSR count). The van der Waals surface area contributed by atoms with Gasteiger partial charge in [-0.25, -0.2) is 5.90 Å². The van der Waals surface area contributed by atoms with Gasteiger partial charge in [0, 0.05) is 6.42 Å². The first kappa shape index (κ1) is 8.99. The Morgan fingerprint density at radius 2 is 2.38 bits per heavy atom. The molecule has 70 valence electrons. The Balaban J connectivity index is 2.37. The molecule has 0 atom stereocenters. The van der Waals surface area contributed by atoms with Gasteiger partial charge in [0.2, 0.25) is 0 Å². The maximum atomic E-state index is 5.44. The quantitative estimate of drug-likeness (QED) is 0.806. The van der Waals surface area contributed by atoms with Gasteiger partial charge in [-0.2, -0.15) is 0 Å². The fourth-order valence-electron chi connectivity index (χ4n) is 1.50. The topological polar surface area (TPSA) is 44.5 Å². The summed E-state index contributed by atoms with van der Waals surface area (Å²) in [6.45, 7) is 1.20. The van der Waals surface area contributed by atoms with E-state index >= 15 is 0 Å². The smallest absolute Gasteiger partial charge is 0.136 e. The van der Waals surface area contributed by atoms with Crippen LogP contribution in [-0.4, -0.2) is 6.61 Å². The number of halogens is 1. The van der Waals surface area contributed by atoms with Crippen LogP contribution in [0, 0.1) is 0 Å². The molecule has 1 aromatic carbocycles. The van der Waals surface area contributed by atoms with E-state index < -0.39 is 0 Å². The van der Waals surface area contributed by atoms with Crippen molar-refractivity contribution in [3.63, 3.8) is 0 Å². The molecule has 0 bridgehead atoms. The molecule has 1 aliphatic rings. The van der Waals surface area contributed by atoms with Gasteiger partial charge in [0.1, 0.15) is 5.75 Å². The van der Waals surface area contributed by atoms with E-state index in [9.17, 15) is 0 Å². The van der Waals surface area contributed by atoms with E-state index in [4.69, 9.17) is 10.6 Å². The molecule has 0 aromatic heterocycles. The lowest BCUT2D eigenvalue weighted by atomic mass is 10.1. The molecule has 0 radical (unpaired) electrons. The molecule has 4 heteroatoms. The minimum absolute atomic E-state index is 0.436. The van der Waals surface area contributed by atoms with Crippen LogP contribution in [0.3, 0.4) is 0 Å². The summed E-state index contributed by atoms with van der Waals surface area (Å²) in [4.78, 5) is 4.58. The fraction of sp³-hybridized carbons (Fsp3) is 0.333. The van der Waals surface area contributed by atoms with E-state index in [1.165, 1.54) is 5.56 Å². The summed E-state index contributed by atoms with van der Waals surface area (Å²) in [7, 11) is 0.